The van der Waals surface area contributed by atoms with Crippen LogP contribution in [0.1, 0.15) is 12.5 Å². The highest BCUT2D eigenvalue weighted by molar-refractivity contribution is 7.92. The molecule has 168 valence electrons. The molecule has 0 spiro atoms. The van der Waals surface area contributed by atoms with Crippen LogP contribution >= 0.6 is 23.2 Å². The first-order valence-electron chi connectivity index (χ1n) is 9.12. The van der Waals surface area contributed by atoms with Crippen LogP contribution in [0.3, 0.4) is 0 Å². The molecule has 0 aliphatic heterocycles. The Morgan fingerprint density at radius 2 is 1.71 bits per heavy atom. The van der Waals surface area contributed by atoms with Gasteiger partial charge in [0.25, 0.3) is 0 Å². The molecular weight excluding hydrogens is 468 g/mol. The maximum absolute atomic E-state index is 13.3. The normalized spacial score (nSPS) is 12.2. The number of carbonyl (C=O) groups is 2. The Morgan fingerprint density at radius 3 is 2.23 bits per heavy atom. The van der Waals surface area contributed by atoms with Crippen LogP contribution in [0.15, 0.2) is 42.5 Å². The van der Waals surface area contributed by atoms with Crippen LogP contribution in [0.5, 0.6) is 0 Å². The molecule has 0 aliphatic rings. The number of hydrogen-bond acceptors (Lipinski definition) is 4. The molecule has 0 aromatic heterocycles. The lowest BCUT2D eigenvalue weighted by molar-refractivity contribution is -0.139. The highest BCUT2D eigenvalue weighted by atomic mass is 35.5. The van der Waals surface area contributed by atoms with Crippen LogP contribution < -0.4 is 9.62 Å². The average Bonchev–Trinajstić information content (AvgIpc) is 2.71. The molecule has 0 radical (unpaired) electrons. The Labute approximate surface area is 190 Å². The molecule has 11 heteroatoms. The van der Waals surface area contributed by atoms with E-state index in [0.717, 1.165) is 22.7 Å². The van der Waals surface area contributed by atoms with Crippen LogP contribution in [0.4, 0.5) is 10.1 Å². The predicted octanol–water partition coefficient (Wildman–Crippen LogP) is 3.06. The standard InChI is InChI=1S/C20H22Cl2FN3O4S/c1-13(20(28)24-2)25(11-14-4-9-17(21)18(22)10-14)19(27)12-26(31(3,29)30)16-7-5-15(23)6-8-16/h4-10,13H,11-12H2,1-3H3,(H,24,28). The molecule has 31 heavy (non-hydrogen) atoms. The fraction of sp³-hybridized carbons (Fsp3) is 0.300. The summed E-state index contributed by atoms with van der Waals surface area (Å²) in [7, 11) is -2.44. The Balaban J connectivity index is 2.38. The van der Waals surface area contributed by atoms with E-state index in [-0.39, 0.29) is 17.3 Å². The minimum absolute atomic E-state index is 0.00860. The number of halogens is 3. The Bertz CT molecular complexity index is 1060. The molecule has 2 amide bonds. The summed E-state index contributed by atoms with van der Waals surface area (Å²) in [4.78, 5) is 26.6. The first kappa shape index (κ1) is 24.9. The van der Waals surface area contributed by atoms with Gasteiger partial charge in [0, 0.05) is 13.6 Å². The number of hydrogen-bond donors (Lipinski definition) is 1. The van der Waals surface area contributed by atoms with Crippen molar-refractivity contribution in [3.05, 3.63) is 63.9 Å². The summed E-state index contributed by atoms with van der Waals surface area (Å²) in [6.45, 7) is 0.940. The van der Waals surface area contributed by atoms with Gasteiger partial charge in [-0.15, -0.1) is 0 Å². The number of benzene rings is 2. The van der Waals surface area contributed by atoms with Gasteiger partial charge in [0.2, 0.25) is 21.8 Å². The molecule has 1 N–H and O–H groups in total. The molecule has 2 rings (SSSR count). The fourth-order valence-corrected chi connectivity index (χ4v) is 4.02. The third-order valence-corrected chi connectivity index (χ3v) is 6.42. The van der Waals surface area contributed by atoms with Crippen molar-refractivity contribution in [1.29, 1.82) is 0 Å². The van der Waals surface area contributed by atoms with Gasteiger partial charge in [-0.25, -0.2) is 12.8 Å². The minimum Gasteiger partial charge on any atom is -0.357 e. The van der Waals surface area contributed by atoms with E-state index in [9.17, 15) is 22.4 Å². The predicted molar refractivity (Wildman–Crippen MR) is 119 cm³/mol. The molecule has 0 saturated heterocycles. The summed E-state index contributed by atoms with van der Waals surface area (Å²) in [6, 6.07) is 8.59. The van der Waals surface area contributed by atoms with E-state index in [1.165, 1.54) is 31.0 Å². The number of nitrogens with zero attached hydrogens (tertiary/aromatic N) is 2. The van der Waals surface area contributed by atoms with Gasteiger partial charge in [0.05, 0.1) is 22.0 Å². The lowest BCUT2D eigenvalue weighted by atomic mass is 10.1. The van der Waals surface area contributed by atoms with Gasteiger partial charge in [-0.05, 0) is 48.9 Å². The molecule has 0 heterocycles. The van der Waals surface area contributed by atoms with E-state index in [1.807, 2.05) is 0 Å². The second kappa shape index (κ2) is 10.3. The van der Waals surface area contributed by atoms with Crippen molar-refractivity contribution < 1.29 is 22.4 Å². The average molecular weight is 490 g/mol. The molecule has 2 aromatic rings. The second-order valence-electron chi connectivity index (χ2n) is 6.81. The SMILES string of the molecule is CNC(=O)C(C)N(Cc1ccc(Cl)c(Cl)c1)C(=O)CN(c1ccc(F)cc1)S(C)(=O)=O. The number of likely N-dealkylation sites (N-methyl/N-ethyl adjacent to an activating group) is 1. The largest absolute Gasteiger partial charge is 0.357 e. The van der Waals surface area contributed by atoms with E-state index < -0.39 is 40.2 Å². The van der Waals surface area contributed by atoms with Gasteiger partial charge in [-0.3, -0.25) is 13.9 Å². The summed E-state index contributed by atoms with van der Waals surface area (Å²) >= 11 is 12.0. The van der Waals surface area contributed by atoms with Crippen molar-refractivity contribution in [3.63, 3.8) is 0 Å². The molecule has 7 nitrogen and oxygen atoms in total. The third-order valence-electron chi connectivity index (χ3n) is 4.54. The summed E-state index contributed by atoms with van der Waals surface area (Å²) in [5.74, 6) is -1.60. The van der Waals surface area contributed by atoms with E-state index in [0.29, 0.717) is 10.6 Å². The first-order valence-corrected chi connectivity index (χ1v) is 11.7. The van der Waals surface area contributed by atoms with Gasteiger partial charge in [0.15, 0.2) is 0 Å². The monoisotopic (exact) mass is 489 g/mol. The lowest BCUT2D eigenvalue weighted by Crippen LogP contribution is -2.50. The van der Waals surface area contributed by atoms with Gasteiger partial charge < -0.3 is 10.2 Å². The maximum Gasteiger partial charge on any atom is 0.244 e. The van der Waals surface area contributed by atoms with Crippen molar-refractivity contribution >= 4 is 50.7 Å². The molecule has 0 fully saturated rings. The Morgan fingerprint density at radius 1 is 1.10 bits per heavy atom. The third kappa shape index (κ3) is 6.56. The molecule has 0 saturated carbocycles. The fourth-order valence-electron chi connectivity index (χ4n) is 2.85. The van der Waals surface area contributed by atoms with Crippen molar-refractivity contribution in [2.75, 3.05) is 24.2 Å². The van der Waals surface area contributed by atoms with Crippen molar-refractivity contribution in [2.45, 2.75) is 19.5 Å². The number of rotatable bonds is 8. The highest BCUT2D eigenvalue weighted by Gasteiger charge is 2.29. The number of nitrogens with one attached hydrogen (secondary N) is 1. The second-order valence-corrected chi connectivity index (χ2v) is 9.53. The van der Waals surface area contributed by atoms with E-state index in [1.54, 1.807) is 18.2 Å². The zero-order chi connectivity index (χ0) is 23.3. The zero-order valence-corrected chi connectivity index (χ0v) is 19.4. The molecule has 2 aromatic carbocycles. The van der Waals surface area contributed by atoms with Crippen molar-refractivity contribution in [3.8, 4) is 0 Å². The Kier molecular flexibility index (Phi) is 8.27. The Hall–Kier alpha value is -2.36. The highest BCUT2D eigenvalue weighted by Crippen LogP contribution is 2.24. The number of anilines is 1. The topological polar surface area (TPSA) is 86.8 Å². The van der Waals surface area contributed by atoms with E-state index >= 15 is 0 Å². The number of carbonyl (C=O) groups excluding carboxylic acids is 2. The zero-order valence-electron chi connectivity index (χ0n) is 17.1. The summed E-state index contributed by atoms with van der Waals surface area (Å²) in [5.41, 5.74) is 0.727. The van der Waals surface area contributed by atoms with Gasteiger partial charge >= 0.3 is 0 Å². The first-order chi connectivity index (χ1) is 14.4. The van der Waals surface area contributed by atoms with Crippen LogP contribution in [0.2, 0.25) is 10.0 Å². The van der Waals surface area contributed by atoms with Crippen molar-refractivity contribution in [1.82, 2.24) is 10.2 Å². The molecular formula is C20H22Cl2FN3O4S. The van der Waals surface area contributed by atoms with Crippen LogP contribution in [0.25, 0.3) is 0 Å². The van der Waals surface area contributed by atoms with Crippen LogP contribution in [0, 0.1) is 5.82 Å². The summed E-state index contributed by atoms with van der Waals surface area (Å²) < 4.78 is 38.8. The van der Waals surface area contributed by atoms with Gasteiger partial charge in [-0.1, -0.05) is 29.3 Å². The summed E-state index contributed by atoms with van der Waals surface area (Å²) in [6.07, 6.45) is 0.940. The van der Waals surface area contributed by atoms with Gasteiger partial charge in [0.1, 0.15) is 18.4 Å². The lowest BCUT2D eigenvalue weighted by Gasteiger charge is -2.31. The maximum atomic E-state index is 13.3. The smallest absolute Gasteiger partial charge is 0.244 e. The quantitative estimate of drug-likeness (QED) is 0.617. The number of amides is 2. The molecule has 1 atom stereocenters. The van der Waals surface area contributed by atoms with E-state index in [2.05, 4.69) is 5.32 Å². The van der Waals surface area contributed by atoms with E-state index in [4.69, 9.17) is 23.2 Å². The van der Waals surface area contributed by atoms with Crippen molar-refractivity contribution in [2.24, 2.45) is 0 Å². The number of sulfonamides is 1. The molecule has 1 unspecified atom stereocenters. The minimum atomic E-state index is -3.87. The van der Waals surface area contributed by atoms with Crippen LogP contribution in [-0.2, 0) is 26.2 Å². The van der Waals surface area contributed by atoms with Gasteiger partial charge in [-0.2, -0.15) is 0 Å². The van der Waals surface area contributed by atoms with Crippen LogP contribution in [-0.4, -0.2) is 51.0 Å². The summed E-state index contributed by atoms with van der Waals surface area (Å²) in [5, 5.41) is 3.09. The molecule has 0 aliphatic carbocycles. The molecule has 0 bridgehead atoms.